The molecule has 0 saturated carbocycles. The van der Waals surface area contributed by atoms with E-state index in [1.807, 2.05) is 18.2 Å². The molecule has 24 heavy (non-hydrogen) atoms. The fourth-order valence-electron chi connectivity index (χ4n) is 2.28. The van der Waals surface area contributed by atoms with Crippen LogP contribution in [0.1, 0.15) is 38.3 Å². The number of hydrogen-bond acceptors (Lipinski definition) is 6. The predicted octanol–water partition coefficient (Wildman–Crippen LogP) is 2.80. The van der Waals surface area contributed by atoms with Crippen LogP contribution in [0.15, 0.2) is 30.6 Å². The summed E-state index contributed by atoms with van der Waals surface area (Å²) in [5.41, 5.74) is 1.72. The number of nitrogens with zero attached hydrogens (tertiary/aromatic N) is 4. The lowest BCUT2D eigenvalue weighted by atomic mass is 10.2. The maximum atomic E-state index is 12.5. The number of carbonyl (C=O) groups is 2. The molecule has 0 fully saturated rings. The third-order valence-corrected chi connectivity index (χ3v) is 4.63. The molecule has 0 aliphatic rings. The third-order valence-electron chi connectivity index (χ3n) is 3.46. The van der Waals surface area contributed by atoms with Gasteiger partial charge in [-0.1, -0.05) is 17.4 Å². The minimum absolute atomic E-state index is 0.0651. The second-order valence-corrected chi connectivity index (χ2v) is 6.19. The van der Waals surface area contributed by atoms with Crippen molar-refractivity contribution in [2.45, 2.75) is 20.8 Å². The molecular formula is C16H15N5O2S. The number of hydrogen-bond donors (Lipinski definition) is 1. The summed E-state index contributed by atoms with van der Waals surface area (Å²) in [6.45, 7) is 5.02. The Kier molecular flexibility index (Phi) is 4.22. The van der Waals surface area contributed by atoms with Crippen molar-refractivity contribution >= 4 is 28.2 Å². The number of anilines is 1. The topological polar surface area (TPSA) is 89.8 Å². The molecule has 8 heteroatoms. The molecule has 3 aromatic heterocycles. The fraction of sp³-hybridized carbons (Fsp3) is 0.188. The van der Waals surface area contributed by atoms with Crippen molar-refractivity contribution in [1.29, 1.82) is 0 Å². The van der Waals surface area contributed by atoms with E-state index in [4.69, 9.17) is 0 Å². The maximum absolute atomic E-state index is 12.5. The zero-order valence-corrected chi connectivity index (χ0v) is 14.2. The second kappa shape index (κ2) is 6.32. The van der Waals surface area contributed by atoms with Crippen LogP contribution in [0.3, 0.4) is 0 Å². The second-order valence-electron chi connectivity index (χ2n) is 5.19. The van der Waals surface area contributed by atoms with Crippen molar-refractivity contribution < 1.29 is 9.59 Å². The molecule has 1 amide bonds. The Hall–Kier alpha value is -2.87. The summed E-state index contributed by atoms with van der Waals surface area (Å²) >= 11 is 1.17. The van der Waals surface area contributed by atoms with Crippen LogP contribution in [-0.4, -0.2) is 31.4 Å². The summed E-state index contributed by atoms with van der Waals surface area (Å²) in [6, 6.07) is 5.48. The highest BCUT2D eigenvalue weighted by Crippen LogP contribution is 2.24. The Morgan fingerprint density at radius 3 is 2.67 bits per heavy atom. The number of thiazole rings is 1. The van der Waals surface area contributed by atoms with Gasteiger partial charge in [-0.2, -0.15) is 5.10 Å². The Morgan fingerprint density at radius 2 is 2.04 bits per heavy atom. The molecule has 3 rings (SSSR count). The van der Waals surface area contributed by atoms with Crippen LogP contribution in [0, 0.1) is 13.8 Å². The van der Waals surface area contributed by atoms with E-state index in [0.717, 1.165) is 0 Å². The smallest absolute Gasteiger partial charge is 0.260 e. The highest BCUT2D eigenvalue weighted by atomic mass is 32.1. The first-order valence-electron chi connectivity index (χ1n) is 7.23. The van der Waals surface area contributed by atoms with Gasteiger partial charge in [0.05, 0.1) is 28.0 Å². The zero-order valence-electron chi connectivity index (χ0n) is 13.4. The molecule has 3 aromatic rings. The summed E-state index contributed by atoms with van der Waals surface area (Å²) in [6.07, 6.45) is 3.16. The van der Waals surface area contributed by atoms with E-state index in [0.29, 0.717) is 32.8 Å². The van der Waals surface area contributed by atoms with Crippen molar-refractivity contribution in [3.05, 3.63) is 52.4 Å². The number of aromatic nitrogens is 4. The van der Waals surface area contributed by atoms with Crippen LogP contribution in [0.25, 0.3) is 5.82 Å². The molecule has 0 unspecified atom stereocenters. The molecule has 0 saturated heterocycles. The number of Topliss-reactive ketones (excluding diaryl/α,β-unsaturated/α-hetero) is 1. The number of pyridine rings is 1. The van der Waals surface area contributed by atoms with E-state index in [2.05, 4.69) is 20.4 Å². The number of amides is 1. The van der Waals surface area contributed by atoms with Gasteiger partial charge in [-0.3, -0.25) is 14.9 Å². The molecular weight excluding hydrogens is 326 g/mol. The van der Waals surface area contributed by atoms with Crippen LogP contribution in [0.5, 0.6) is 0 Å². The Labute approximate surface area is 142 Å². The van der Waals surface area contributed by atoms with E-state index >= 15 is 0 Å². The first kappa shape index (κ1) is 16.0. The van der Waals surface area contributed by atoms with Gasteiger partial charge >= 0.3 is 0 Å². The van der Waals surface area contributed by atoms with Crippen molar-refractivity contribution in [2.75, 3.05) is 5.32 Å². The number of rotatable bonds is 4. The highest BCUT2D eigenvalue weighted by molar-refractivity contribution is 7.17. The summed E-state index contributed by atoms with van der Waals surface area (Å²) in [4.78, 5) is 32.9. The standard InChI is InChI=1S/C16H15N5O2S/c1-9-14(11(3)22)24-16(19-9)20-15(23)12-8-18-21(10(12)2)13-6-4-5-7-17-13/h4-8H,1-3H3,(H,19,20,23). The van der Waals surface area contributed by atoms with Crippen LogP contribution in [-0.2, 0) is 0 Å². The summed E-state index contributed by atoms with van der Waals surface area (Å²) < 4.78 is 1.60. The maximum Gasteiger partial charge on any atom is 0.260 e. The van der Waals surface area contributed by atoms with Crippen molar-refractivity contribution in [1.82, 2.24) is 19.7 Å². The normalized spacial score (nSPS) is 10.6. The van der Waals surface area contributed by atoms with Crippen LogP contribution in [0.2, 0.25) is 0 Å². The molecule has 122 valence electrons. The van der Waals surface area contributed by atoms with Gasteiger partial charge in [-0.25, -0.2) is 14.6 Å². The predicted molar refractivity (Wildman–Crippen MR) is 90.9 cm³/mol. The average Bonchev–Trinajstić information content (AvgIpc) is 3.11. The minimum Gasteiger partial charge on any atom is -0.298 e. The molecule has 0 aromatic carbocycles. The van der Waals surface area contributed by atoms with Gasteiger partial charge in [0.25, 0.3) is 5.91 Å². The molecule has 1 N–H and O–H groups in total. The number of carbonyl (C=O) groups excluding carboxylic acids is 2. The highest BCUT2D eigenvalue weighted by Gasteiger charge is 2.18. The quantitative estimate of drug-likeness (QED) is 0.737. The molecule has 7 nitrogen and oxygen atoms in total. The van der Waals surface area contributed by atoms with Gasteiger partial charge in [0.2, 0.25) is 0 Å². The zero-order chi connectivity index (χ0) is 17.3. The molecule has 0 spiro atoms. The van der Waals surface area contributed by atoms with Gasteiger partial charge < -0.3 is 0 Å². The van der Waals surface area contributed by atoms with E-state index in [-0.39, 0.29) is 11.7 Å². The van der Waals surface area contributed by atoms with Gasteiger partial charge in [0.15, 0.2) is 16.7 Å². The van der Waals surface area contributed by atoms with E-state index < -0.39 is 0 Å². The number of nitrogens with one attached hydrogen (secondary N) is 1. The van der Waals surface area contributed by atoms with Crippen LogP contribution >= 0.6 is 11.3 Å². The largest absolute Gasteiger partial charge is 0.298 e. The van der Waals surface area contributed by atoms with Crippen molar-refractivity contribution in [3.63, 3.8) is 0 Å². The number of ketones is 1. The van der Waals surface area contributed by atoms with Gasteiger partial charge in [-0.05, 0) is 26.0 Å². The Morgan fingerprint density at radius 1 is 1.25 bits per heavy atom. The lowest BCUT2D eigenvalue weighted by Gasteiger charge is -2.04. The molecule has 0 aliphatic carbocycles. The van der Waals surface area contributed by atoms with Gasteiger partial charge in [-0.15, -0.1) is 0 Å². The Balaban J connectivity index is 1.85. The monoisotopic (exact) mass is 341 g/mol. The van der Waals surface area contributed by atoms with Crippen molar-refractivity contribution in [3.8, 4) is 5.82 Å². The average molecular weight is 341 g/mol. The molecule has 0 atom stereocenters. The number of aryl methyl sites for hydroxylation is 1. The lowest BCUT2D eigenvalue weighted by Crippen LogP contribution is -2.13. The summed E-state index contributed by atoms with van der Waals surface area (Å²) in [5.74, 6) is 0.251. The first-order valence-corrected chi connectivity index (χ1v) is 8.04. The van der Waals surface area contributed by atoms with Gasteiger partial charge in [0, 0.05) is 13.1 Å². The van der Waals surface area contributed by atoms with E-state index in [9.17, 15) is 9.59 Å². The summed E-state index contributed by atoms with van der Waals surface area (Å²) in [5, 5.41) is 7.34. The van der Waals surface area contributed by atoms with E-state index in [1.54, 1.807) is 24.7 Å². The first-order chi connectivity index (χ1) is 11.5. The fourth-order valence-corrected chi connectivity index (χ4v) is 3.14. The molecule has 0 bridgehead atoms. The lowest BCUT2D eigenvalue weighted by molar-refractivity contribution is 0.101. The van der Waals surface area contributed by atoms with E-state index in [1.165, 1.54) is 24.5 Å². The van der Waals surface area contributed by atoms with Gasteiger partial charge in [0.1, 0.15) is 0 Å². The molecule has 0 radical (unpaired) electrons. The van der Waals surface area contributed by atoms with Crippen molar-refractivity contribution in [2.24, 2.45) is 0 Å². The third kappa shape index (κ3) is 2.95. The Bertz CT molecular complexity index is 914. The minimum atomic E-state index is -0.321. The SMILES string of the molecule is CC(=O)c1sc(NC(=O)c2cnn(-c3ccccn3)c2C)nc1C. The molecule has 3 heterocycles. The molecule has 0 aliphatic heterocycles. The van der Waals surface area contributed by atoms with Crippen LogP contribution < -0.4 is 5.32 Å². The van der Waals surface area contributed by atoms with Crippen LogP contribution in [0.4, 0.5) is 5.13 Å². The summed E-state index contributed by atoms with van der Waals surface area (Å²) in [7, 11) is 0.